The van der Waals surface area contributed by atoms with Gasteiger partial charge >= 0.3 is 0 Å². The predicted octanol–water partition coefficient (Wildman–Crippen LogP) is 2.74. The minimum atomic E-state index is -0.276. The van der Waals surface area contributed by atoms with Crippen molar-refractivity contribution in [2.45, 2.75) is 45.1 Å². The minimum absolute atomic E-state index is 0.0154. The zero-order valence-corrected chi connectivity index (χ0v) is 11.8. The number of amides is 1. The molecular formula is C16H23FN2O. The van der Waals surface area contributed by atoms with Gasteiger partial charge in [0.25, 0.3) is 0 Å². The van der Waals surface area contributed by atoms with Gasteiger partial charge in [-0.05, 0) is 42.5 Å². The summed E-state index contributed by atoms with van der Waals surface area (Å²) in [5.41, 5.74) is 6.64. The number of benzene rings is 1. The Morgan fingerprint density at radius 3 is 2.70 bits per heavy atom. The third-order valence-electron chi connectivity index (χ3n) is 4.26. The van der Waals surface area contributed by atoms with Gasteiger partial charge in [-0.2, -0.15) is 0 Å². The van der Waals surface area contributed by atoms with E-state index < -0.39 is 0 Å². The Bertz CT molecular complexity index is 456. The van der Waals surface area contributed by atoms with Crippen molar-refractivity contribution in [3.63, 3.8) is 0 Å². The van der Waals surface area contributed by atoms with E-state index in [2.05, 4.69) is 5.32 Å². The van der Waals surface area contributed by atoms with E-state index in [9.17, 15) is 9.18 Å². The lowest BCUT2D eigenvalue weighted by Crippen LogP contribution is -2.38. The Kier molecular flexibility index (Phi) is 5.12. The van der Waals surface area contributed by atoms with Gasteiger partial charge in [0.1, 0.15) is 5.82 Å². The van der Waals surface area contributed by atoms with Crippen molar-refractivity contribution in [3.05, 3.63) is 35.6 Å². The number of hydrogen-bond acceptors (Lipinski definition) is 2. The summed E-state index contributed by atoms with van der Waals surface area (Å²) in [6.07, 6.45) is 6.13. The maximum atomic E-state index is 13.1. The van der Waals surface area contributed by atoms with Crippen LogP contribution < -0.4 is 11.1 Å². The first kappa shape index (κ1) is 15.0. The molecule has 3 nitrogen and oxygen atoms in total. The van der Waals surface area contributed by atoms with Crippen LogP contribution in [0.15, 0.2) is 24.3 Å². The minimum Gasteiger partial charge on any atom is -0.352 e. The van der Waals surface area contributed by atoms with Crippen molar-refractivity contribution in [1.29, 1.82) is 0 Å². The summed E-state index contributed by atoms with van der Waals surface area (Å²) in [6.45, 7) is 0.942. The smallest absolute Gasteiger partial charge is 0.220 e. The van der Waals surface area contributed by atoms with Crippen LogP contribution >= 0.6 is 0 Å². The summed E-state index contributed by atoms with van der Waals surface area (Å²) in [5.74, 6) is -0.260. The number of halogens is 1. The van der Waals surface area contributed by atoms with E-state index in [0.29, 0.717) is 19.5 Å². The second kappa shape index (κ2) is 6.84. The van der Waals surface area contributed by atoms with Crippen LogP contribution in [0.4, 0.5) is 4.39 Å². The molecule has 1 amide bonds. The molecule has 1 aromatic rings. The first-order valence-corrected chi connectivity index (χ1v) is 7.35. The van der Waals surface area contributed by atoms with E-state index in [-0.39, 0.29) is 17.1 Å². The fraction of sp³-hybridized carbons (Fsp3) is 0.562. The summed E-state index contributed by atoms with van der Waals surface area (Å²) in [5, 5.41) is 2.87. The molecule has 3 N–H and O–H groups in total. The molecular weight excluding hydrogens is 255 g/mol. The van der Waals surface area contributed by atoms with E-state index in [1.807, 2.05) is 6.07 Å². The number of carbonyl (C=O) groups excluding carboxylic acids is 1. The van der Waals surface area contributed by atoms with Crippen molar-refractivity contribution < 1.29 is 9.18 Å². The maximum Gasteiger partial charge on any atom is 0.220 e. The second-order valence-electron chi connectivity index (χ2n) is 5.85. The average molecular weight is 278 g/mol. The predicted molar refractivity (Wildman–Crippen MR) is 77.4 cm³/mol. The van der Waals surface area contributed by atoms with Crippen LogP contribution in [0.3, 0.4) is 0 Å². The summed E-state index contributed by atoms with van der Waals surface area (Å²) >= 11 is 0. The molecule has 0 aliphatic heterocycles. The number of hydrogen-bond donors (Lipinski definition) is 2. The molecule has 1 saturated carbocycles. The Hall–Kier alpha value is -1.42. The summed E-state index contributed by atoms with van der Waals surface area (Å²) in [4.78, 5) is 12.1. The van der Waals surface area contributed by atoms with Gasteiger partial charge in [0.2, 0.25) is 5.91 Å². The molecule has 1 fully saturated rings. The third-order valence-corrected chi connectivity index (χ3v) is 4.26. The van der Waals surface area contributed by atoms with Crippen LogP contribution in [0, 0.1) is 11.2 Å². The molecule has 1 aliphatic rings. The monoisotopic (exact) mass is 278 g/mol. The van der Waals surface area contributed by atoms with Gasteiger partial charge in [-0.1, -0.05) is 31.4 Å². The van der Waals surface area contributed by atoms with Crippen molar-refractivity contribution >= 4 is 5.91 Å². The second-order valence-corrected chi connectivity index (χ2v) is 5.85. The van der Waals surface area contributed by atoms with Gasteiger partial charge < -0.3 is 11.1 Å². The zero-order chi connectivity index (χ0) is 14.4. The molecule has 0 unspecified atom stereocenters. The van der Waals surface area contributed by atoms with Gasteiger partial charge in [-0.25, -0.2) is 4.39 Å². The van der Waals surface area contributed by atoms with Gasteiger partial charge in [0, 0.05) is 13.0 Å². The van der Waals surface area contributed by atoms with Crippen LogP contribution in [0.1, 0.15) is 44.1 Å². The fourth-order valence-corrected chi connectivity index (χ4v) is 3.01. The molecule has 1 aliphatic carbocycles. The van der Waals surface area contributed by atoms with E-state index in [1.54, 1.807) is 6.07 Å². The van der Waals surface area contributed by atoms with Gasteiger partial charge in [-0.3, -0.25) is 4.79 Å². The highest BCUT2D eigenvalue weighted by atomic mass is 19.1. The lowest BCUT2D eigenvalue weighted by atomic mass is 9.71. The van der Waals surface area contributed by atoms with Gasteiger partial charge in [0.05, 0.1) is 0 Å². The first-order chi connectivity index (χ1) is 9.63. The van der Waals surface area contributed by atoms with Crippen LogP contribution in [-0.4, -0.2) is 12.5 Å². The molecule has 0 aromatic heterocycles. The molecule has 110 valence electrons. The Balaban J connectivity index is 1.85. The first-order valence-electron chi connectivity index (χ1n) is 7.35. The van der Waals surface area contributed by atoms with Crippen LogP contribution in [0.25, 0.3) is 0 Å². The molecule has 20 heavy (non-hydrogen) atoms. The van der Waals surface area contributed by atoms with Crippen molar-refractivity contribution in [2.75, 3.05) is 6.54 Å². The van der Waals surface area contributed by atoms with Crippen LogP contribution in [0.5, 0.6) is 0 Å². The normalized spacial score (nSPS) is 17.7. The zero-order valence-electron chi connectivity index (χ0n) is 11.8. The number of carbonyl (C=O) groups is 1. The molecule has 0 saturated heterocycles. The Morgan fingerprint density at radius 2 is 2.05 bits per heavy atom. The summed E-state index contributed by atoms with van der Waals surface area (Å²) in [6, 6.07) is 6.30. The number of rotatable bonds is 5. The Labute approximate surface area is 119 Å². The fourth-order valence-electron chi connectivity index (χ4n) is 3.01. The van der Waals surface area contributed by atoms with Gasteiger partial charge in [-0.15, -0.1) is 0 Å². The van der Waals surface area contributed by atoms with Crippen molar-refractivity contribution in [3.8, 4) is 0 Å². The molecule has 4 heteroatoms. The molecule has 2 rings (SSSR count). The topological polar surface area (TPSA) is 55.1 Å². The quantitative estimate of drug-likeness (QED) is 0.870. The van der Waals surface area contributed by atoms with Gasteiger partial charge in [0.15, 0.2) is 0 Å². The number of nitrogens with two attached hydrogens (primary N) is 1. The molecule has 0 heterocycles. The molecule has 1 aromatic carbocycles. The van der Waals surface area contributed by atoms with Crippen molar-refractivity contribution in [1.82, 2.24) is 5.32 Å². The standard InChI is InChI=1S/C16H23FN2O/c17-14-6-4-5-13(9-14)11-19-15(20)10-16(12-18)7-2-1-3-8-16/h4-6,9H,1-3,7-8,10-12,18H2,(H,19,20). The molecule has 0 spiro atoms. The lowest BCUT2D eigenvalue weighted by Gasteiger charge is -2.35. The van der Waals surface area contributed by atoms with Crippen molar-refractivity contribution in [2.24, 2.45) is 11.1 Å². The average Bonchev–Trinajstić information content (AvgIpc) is 2.46. The van der Waals surface area contributed by atoms with E-state index >= 15 is 0 Å². The molecule has 0 bridgehead atoms. The third kappa shape index (κ3) is 4.04. The van der Waals surface area contributed by atoms with Crippen LogP contribution in [0.2, 0.25) is 0 Å². The molecule has 0 radical (unpaired) electrons. The van der Waals surface area contributed by atoms with E-state index in [1.165, 1.54) is 18.6 Å². The summed E-state index contributed by atoms with van der Waals surface area (Å²) < 4.78 is 13.1. The highest BCUT2D eigenvalue weighted by Gasteiger charge is 2.32. The van der Waals surface area contributed by atoms with E-state index in [0.717, 1.165) is 31.2 Å². The largest absolute Gasteiger partial charge is 0.352 e. The van der Waals surface area contributed by atoms with E-state index in [4.69, 9.17) is 5.73 Å². The van der Waals surface area contributed by atoms with Crippen LogP contribution in [-0.2, 0) is 11.3 Å². The maximum absolute atomic E-state index is 13.1. The SMILES string of the molecule is NCC1(CC(=O)NCc2cccc(F)c2)CCCCC1. The summed E-state index contributed by atoms with van der Waals surface area (Å²) in [7, 11) is 0. The Morgan fingerprint density at radius 1 is 1.30 bits per heavy atom. The number of nitrogens with one attached hydrogen (secondary N) is 1. The lowest BCUT2D eigenvalue weighted by molar-refractivity contribution is -0.124. The molecule has 0 atom stereocenters. The highest BCUT2D eigenvalue weighted by Crippen LogP contribution is 2.38. The highest BCUT2D eigenvalue weighted by molar-refractivity contribution is 5.76.